The number of sulfonamides is 1. The number of hydrogen-bond donors (Lipinski definition) is 1. The SMILES string of the molecule is NS(=O)(=O)c1c(F)cc(-c2c(-c3cc(Br)cc(Br)c3)noc2C(F)(F)F)cc1F. The standard InChI is InChI=1S/C16H7Br2F5N2O3S/c17-8-1-7(2-9(18)5-8)13-12(15(28-25-13)16(21,22)23)6-3-10(19)14(11(20)4-6)29(24,26)27/h1-5H,(H2,24,26,27). The zero-order chi connectivity index (χ0) is 21.7. The summed E-state index contributed by atoms with van der Waals surface area (Å²) in [6, 6.07) is 5.27. The van der Waals surface area contributed by atoms with Crippen molar-refractivity contribution in [3.05, 3.63) is 56.7 Å². The van der Waals surface area contributed by atoms with Gasteiger partial charge in [-0.25, -0.2) is 22.3 Å². The van der Waals surface area contributed by atoms with E-state index in [-0.39, 0.29) is 11.3 Å². The first-order valence-corrected chi connectivity index (χ1v) is 10.5. The summed E-state index contributed by atoms with van der Waals surface area (Å²) >= 11 is 6.36. The summed E-state index contributed by atoms with van der Waals surface area (Å²) in [4.78, 5) is -1.46. The molecule has 2 aromatic carbocycles. The molecule has 29 heavy (non-hydrogen) atoms. The number of hydrogen-bond acceptors (Lipinski definition) is 4. The third kappa shape index (κ3) is 4.37. The molecule has 0 saturated carbocycles. The largest absolute Gasteiger partial charge is 0.453 e. The molecule has 0 bridgehead atoms. The Balaban J connectivity index is 2.35. The van der Waals surface area contributed by atoms with Gasteiger partial charge in [-0.15, -0.1) is 0 Å². The van der Waals surface area contributed by atoms with Gasteiger partial charge < -0.3 is 4.52 Å². The molecule has 3 aromatic rings. The molecule has 5 nitrogen and oxygen atoms in total. The molecule has 1 heterocycles. The van der Waals surface area contributed by atoms with Crippen molar-refractivity contribution in [3.8, 4) is 22.4 Å². The number of nitrogens with two attached hydrogens (primary N) is 1. The molecule has 0 radical (unpaired) electrons. The first kappa shape index (κ1) is 21.9. The second-order valence-electron chi connectivity index (χ2n) is 5.71. The number of aromatic nitrogens is 1. The van der Waals surface area contributed by atoms with Gasteiger partial charge in [0.15, 0.2) is 4.90 Å². The Hall–Kier alpha value is -1.83. The van der Waals surface area contributed by atoms with Crippen molar-refractivity contribution < 1.29 is 34.9 Å². The van der Waals surface area contributed by atoms with E-state index in [9.17, 15) is 30.4 Å². The number of benzene rings is 2. The molecule has 154 valence electrons. The summed E-state index contributed by atoms with van der Waals surface area (Å²) in [5.41, 5.74) is -1.62. The van der Waals surface area contributed by atoms with Crippen LogP contribution in [0.5, 0.6) is 0 Å². The van der Waals surface area contributed by atoms with E-state index < -0.39 is 49.6 Å². The molecule has 2 N–H and O–H groups in total. The van der Waals surface area contributed by atoms with Crippen molar-refractivity contribution in [1.82, 2.24) is 5.16 Å². The van der Waals surface area contributed by atoms with Crippen LogP contribution in [-0.4, -0.2) is 13.6 Å². The van der Waals surface area contributed by atoms with Crippen LogP contribution in [0, 0.1) is 11.6 Å². The minimum absolute atomic E-state index is 0.136. The van der Waals surface area contributed by atoms with Crippen molar-refractivity contribution in [3.63, 3.8) is 0 Å². The van der Waals surface area contributed by atoms with Crippen molar-refractivity contribution in [2.24, 2.45) is 5.14 Å². The van der Waals surface area contributed by atoms with Crippen LogP contribution in [0.1, 0.15) is 5.76 Å². The fourth-order valence-corrected chi connectivity index (χ4v) is 4.57. The minimum Gasteiger partial charge on any atom is -0.350 e. The number of rotatable bonds is 3. The zero-order valence-corrected chi connectivity index (χ0v) is 17.7. The molecule has 0 fully saturated rings. The maximum atomic E-state index is 14.2. The average Bonchev–Trinajstić information content (AvgIpc) is 2.96. The zero-order valence-electron chi connectivity index (χ0n) is 13.7. The van der Waals surface area contributed by atoms with E-state index in [1.165, 1.54) is 12.1 Å². The Bertz CT molecular complexity index is 1180. The van der Waals surface area contributed by atoms with E-state index in [1.54, 1.807) is 6.07 Å². The minimum atomic E-state index is -5.05. The van der Waals surface area contributed by atoms with Crippen LogP contribution >= 0.6 is 31.9 Å². The lowest BCUT2D eigenvalue weighted by atomic mass is 9.98. The van der Waals surface area contributed by atoms with E-state index in [0.717, 1.165) is 0 Å². The van der Waals surface area contributed by atoms with Crippen LogP contribution in [-0.2, 0) is 16.2 Å². The van der Waals surface area contributed by atoms with E-state index in [4.69, 9.17) is 5.14 Å². The summed E-state index contributed by atoms with van der Waals surface area (Å²) in [6.45, 7) is 0. The van der Waals surface area contributed by atoms with Crippen LogP contribution in [0.3, 0.4) is 0 Å². The maximum absolute atomic E-state index is 14.2. The Kier molecular flexibility index (Phi) is 5.62. The normalized spacial score (nSPS) is 12.4. The predicted octanol–water partition coefficient (Wildman–Crippen LogP) is 5.48. The van der Waals surface area contributed by atoms with E-state index >= 15 is 0 Å². The molecule has 0 aliphatic heterocycles. The van der Waals surface area contributed by atoms with Crippen molar-refractivity contribution in [2.45, 2.75) is 11.1 Å². The average molecular weight is 562 g/mol. The van der Waals surface area contributed by atoms with Crippen LogP contribution in [0.25, 0.3) is 22.4 Å². The van der Waals surface area contributed by atoms with Crippen molar-refractivity contribution in [1.29, 1.82) is 0 Å². The van der Waals surface area contributed by atoms with Crippen LogP contribution < -0.4 is 5.14 Å². The highest BCUT2D eigenvalue weighted by molar-refractivity contribution is 9.11. The lowest BCUT2D eigenvalue weighted by Crippen LogP contribution is -2.16. The Morgan fingerprint density at radius 3 is 1.90 bits per heavy atom. The first-order valence-electron chi connectivity index (χ1n) is 7.34. The number of halogens is 7. The second-order valence-corrected chi connectivity index (χ2v) is 9.03. The lowest BCUT2D eigenvalue weighted by Gasteiger charge is -2.10. The third-order valence-electron chi connectivity index (χ3n) is 3.66. The van der Waals surface area contributed by atoms with Crippen molar-refractivity contribution in [2.75, 3.05) is 0 Å². The number of alkyl halides is 3. The highest BCUT2D eigenvalue weighted by Gasteiger charge is 2.41. The molecule has 0 spiro atoms. The summed E-state index contributed by atoms with van der Waals surface area (Å²) in [5, 5.41) is 8.17. The van der Waals surface area contributed by atoms with Gasteiger partial charge in [-0.2, -0.15) is 13.2 Å². The van der Waals surface area contributed by atoms with Crippen LogP contribution in [0.15, 0.2) is 48.7 Å². The molecule has 0 saturated heterocycles. The van der Waals surface area contributed by atoms with Gasteiger partial charge in [0, 0.05) is 14.5 Å². The van der Waals surface area contributed by atoms with Gasteiger partial charge in [0.2, 0.25) is 15.8 Å². The van der Waals surface area contributed by atoms with Crippen LogP contribution in [0.2, 0.25) is 0 Å². The maximum Gasteiger partial charge on any atom is 0.453 e. The van der Waals surface area contributed by atoms with Crippen LogP contribution in [0.4, 0.5) is 22.0 Å². The summed E-state index contributed by atoms with van der Waals surface area (Å²) in [6.07, 6.45) is -5.05. The molecule has 0 aliphatic carbocycles. The quantitative estimate of drug-likeness (QED) is 0.429. The predicted molar refractivity (Wildman–Crippen MR) is 99.1 cm³/mol. The topological polar surface area (TPSA) is 86.2 Å². The van der Waals surface area contributed by atoms with Gasteiger partial charge in [-0.3, -0.25) is 0 Å². The molecular weight excluding hydrogens is 555 g/mol. The fourth-order valence-electron chi connectivity index (χ4n) is 2.62. The molecule has 3 rings (SSSR count). The van der Waals surface area contributed by atoms with E-state index in [0.29, 0.717) is 21.1 Å². The second kappa shape index (κ2) is 7.45. The summed E-state index contributed by atoms with van der Waals surface area (Å²) in [7, 11) is -4.79. The van der Waals surface area contributed by atoms with E-state index in [1.807, 2.05) is 0 Å². The van der Waals surface area contributed by atoms with Gasteiger partial charge >= 0.3 is 6.18 Å². The van der Waals surface area contributed by atoms with Gasteiger partial charge in [0.1, 0.15) is 17.3 Å². The molecule has 1 aromatic heterocycles. The fraction of sp³-hybridized carbons (Fsp3) is 0.0625. The molecular formula is C16H7Br2F5N2O3S. The van der Waals surface area contributed by atoms with Gasteiger partial charge in [-0.1, -0.05) is 37.0 Å². The highest BCUT2D eigenvalue weighted by atomic mass is 79.9. The smallest absolute Gasteiger partial charge is 0.350 e. The lowest BCUT2D eigenvalue weighted by molar-refractivity contribution is -0.154. The molecule has 13 heteroatoms. The van der Waals surface area contributed by atoms with E-state index in [2.05, 4.69) is 41.5 Å². The Morgan fingerprint density at radius 1 is 0.931 bits per heavy atom. The number of primary sulfonamides is 1. The van der Waals surface area contributed by atoms with Gasteiger partial charge in [0.25, 0.3) is 0 Å². The van der Waals surface area contributed by atoms with Gasteiger partial charge in [0.05, 0.1) is 5.56 Å². The molecule has 0 amide bonds. The number of nitrogens with zero attached hydrogens (tertiary/aromatic N) is 1. The molecule has 0 aliphatic rings. The Labute approximate surface area is 177 Å². The molecule has 0 atom stereocenters. The summed E-state index contributed by atoms with van der Waals surface area (Å²) in [5.74, 6) is -4.91. The van der Waals surface area contributed by atoms with Crippen molar-refractivity contribution >= 4 is 41.9 Å². The first-order chi connectivity index (χ1) is 13.3. The monoisotopic (exact) mass is 560 g/mol. The van der Waals surface area contributed by atoms with Gasteiger partial charge in [-0.05, 0) is 35.9 Å². The highest BCUT2D eigenvalue weighted by Crippen LogP contribution is 2.44. The molecule has 0 unspecified atom stereocenters. The third-order valence-corrected chi connectivity index (χ3v) is 5.53. The Morgan fingerprint density at radius 2 is 1.45 bits per heavy atom. The summed E-state index contributed by atoms with van der Waals surface area (Å²) < 4.78 is 96.9.